The van der Waals surface area contributed by atoms with Gasteiger partial charge in [-0.3, -0.25) is 0 Å². The Hall–Kier alpha value is -0.0651. The first-order chi connectivity index (χ1) is 9.01. The van der Waals surface area contributed by atoms with Crippen LogP contribution >= 0.6 is 0 Å². The van der Waals surface area contributed by atoms with Gasteiger partial charge in [0.25, 0.3) is 0 Å². The van der Waals surface area contributed by atoms with E-state index in [0.717, 1.165) is 23.6 Å². The topological polar surface area (TPSA) is 0 Å². The van der Waals surface area contributed by atoms with Crippen molar-refractivity contribution in [2.45, 2.75) is 85.4 Å². The Labute approximate surface area is 121 Å². The molecule has 4 atom stereocenters. The van der Waals surface area contributed by atoms with Crippen LogP contribution in [0.3, 0.4) is 0 Å². The zero-order valence-electron chi connectivity index (χ0n) is 13.8. The Morgan fingerprint density at radius 2 is 1.89 bits per heavy atom. The second-order valence-electron chi connectivity index (χ2n) is 7.83. The summed E-state index contributed by atoms with van der Waals surface area (Å²) in [5.41, 5.74) is 2.40. The molecule has 2 rings (SSSR count). The Kier molecular flexibility index (Phi) is 4.96. The normalized spacial score (nSPS) is 36.6. The standard InChI is InChI=1S/C18H33B/c1-6-8-10-14(9-7-2)19-17-13(3)16(17)15-11-12-18(15,4)5/h13,15-17H,6-12H2,1-5H3. The predicted molar refractivity (Wildman–Crippen MR) is 88.1 cm³/mol. The first-order valence-corrected chi connectivity index (χ1v) is 8.70. The van der Waals surface area contributed by atoms with Crippen molar-refractivity contribution in [2.75, 3.05) is 0 Å². The molecule has 0 aliphatic heterocycles. The van der Waals surface area contributed by atoms with Gasteiger partial charge >= 0.3 is 121 Å². The molecule has 0 aromatic rings. The first-order valence-electron chi connectivity index (χ1n) is 8.70. The van der Waals surface area contributed by atoms with Gasteiger partial charge in [-0.25, -0.2) is 0 Å². The van der Waals surface area contributed by atoms with E-state index in [2.05, 4.69) is 41.5 Å². The molecule has 2 aliphatic carbocycles. The van der Waals surface area contributed by atoms with Gasteiger partial charge in [0.2, 0.25) is 0 Å². The van der Waals surface area contributed by atoms with Crippen LogP contribution in [-0.4, -0.2) is 12.4 Å². The van der Waals surface area contributed by atoms with Crippen LogP contribution in [0.15, 0.2) is 0 Å². The first kappa shape index (κ1) is 15.3. The van der Waals surface area contributed by atoms with Crippen molar-refractivity contribution < 1.29 is 0 Å². The average Bonchev–Trinajstić information content (AvgIpc) is 2.95. The summed E-state index contributed by atoms with van der Waals surface area (Å²) in [4.78, 5) is 0. The third kappa shape index (κ3) is 3.34. The quantitative estimate of drug-likeness (QED) is 0.542. The molecule has 19 heavy (non-hydrogen) atoms. The zero-order chi connectivity index (χ0) is 14.0. The van der Waals surface area contributed by atoms with Gasteiger partial charge in [0.15, 0.2) is 0 Å². The molecular weight excluding hydrogens is 227 g/mol. The van der Waals surface area contributed by atoms with Crippen molar-refractivity contribution in [1.29, 1.82) is 0 Å². The maximum absolute atomic E-state index is 2.70. The van der Waals surface area contributed by atoms with Crippen molar-refractivity contribution in [1.82, 2.24) is 0 Å². The van der Waals surface area contributed by atoms with Gasteiger partial charge in [-0.15, -0.1) is 0 Å². The Bertz CT molecular complexity index is 329. The molecule has 0 aromatic heterocycles. The molecule has 2 fully saturated rings. The second-order valence-corrected chi connectivity index (χ2v) is 7.83. The molecule has 0 N–H and O–H groups in total. The third-order valence-corrected chi connectivity index (χ3v) is 5.94. The fourth-order valence-electron chi connectivity index (χ4n) is 4.31. The fourth-order valence-corrected chi connectivity index (χ4v) is 4.31. The molecule has 0 amide bonds. The number of hydrogen-bond acceptors (Lipinski definition) is 0. The van der Waals surface area contributed by atoms with E-state index < -0.39 is 0 Å². The fraction of sp³-hybridized carbons (Fsp3) is 0.944. The molecule has 0 radical (unpaired) electrons. The molecule has 1 heteroatoms. The maximum atomic E-state index is 2.70. The predicted octanol–water partition coefficient (Wildman–Crippen LogP) is 5.34. The third-order valence-electron chi connectivity index (χ3n) is 5.94. The van der Waals surface area contributed by atoms with Gasteiger partial charge in [-0.1, -0.05) is 0 Å². The molecule has 4 unspecified atom stereocenters. The van der Waals surface area contributed by atoms with Crippen LogP contribution < -0.4 is 0 Å². The molecule has 2 aliphatic rings. The van der Waals surface area contributed by atoms with Gasteiger partial charge in [0.1, 0.15) is 0 Å². The van der Waals surface area contributed by atoms with Crippen molar-refractivity contribution in [3.8, 4) is 0 Å². The summed E-state index contributed by atoms with van der Waals surface area (Å²) in [5, 5.41) is 0. The Balaban J connectivity index is 1.94. The molecule has 0 nitrogen and oxygen atoms in total. The van der Waals surface area contributed by atoms with Crippen LogP contribution in [0, 0.1) is 23.2 Å². The van der Waals surface area contributed by atoms with Crippen LogP contribution in [0.25, 0.3) is 0 Å². The van der Waals surface area contributed by atoms with E-state index in [0.29, 0.717) is 5.41 Å². The molecule has 0 bridgehead atoms. The summed E-state index contributed by atoms with van der Waals surface area (Å²) in [6, 6.07) is 0. The minimum absolute atomic E-state index is 0.635. The van der Waals surface area contributed by atoms with Crippen LogP contribution in [0.2, 0.25) is 5.82 Å². The molecular formula is C18H33B. The van der Waals surface area contributed by atoms with Crippen LogP contribution in [0.4, 0.5) is 0 Å². The molecule has 0 aromatic carbocycles. The second kappa shape index (κ2) is 6.14. The van der Waals surface area contributed by atoms with E-state index in [9.17, 15) is 0 Å². The molecule has 0 spiro atoms. The van der Waals surface area contributed by atoms with Gasteiger partial charge in [0, 0.05) is 0 Å². The van der Waals surface area contributed by atoms with Crippen molar-refractivity contribution >= 4 is 12.4 Å². The van der Waals surface area contributed by atoms with E-state index >= 15 is 0 Å². The van der Waals surface area contributed by atoms with E-state index in [4.69, 9.17) is 0 Å². The number of hydrogen-bond donors (Lipinski definition) is 0. The number of unbranched alkanes of at least 4 members (excludes halogenated alkanes) is 1. The van der Waals surface area contributed by atoms with Gasteiger partial charge in [-0.2, -0.15) is 0 Å². The number of rotatable bonds is 7. The summed E-state index contributed by atoms with van der Waals surface area (Å²) in [5.74, 6) is 3.90. The molecule has 2 saturated carbocycles. The Morgan fingerprint density at radius 3 is 2.37 bits per heavy atom. The van der Waals surface area contributed by atoms with Gasteiger partial charge in [0.05, 0.1) is 0 Å². The summed E-state index contributed by atoms with van der Waals surface area (Å²) >= 11 is 0. The van der Waals surface area contributed by atoms with E-state index in [1.165, 1.54) is 44.9 Å². The van der Waals surface area contributed by atoms with E-state index in [-0.39, 0.29) is 0 Å². The summed E-state index contributed by atoms with van der Waals surface area (Å²) < 4.78 is 0. The summed E-state index contributed by atoms with van der Waals surface area (Å²) in [7, 11) is 0. The van der Waals surface area contributed by atoms with Crippen LogP contribution in [0.5, 0.6) is 0 Å². The monoisotopic (exact) mass is 260 g/mol. The van der Waals surface area contributed by atoms with Gasteiger partial charge < -0.3 is 0 Å². The summed E-state index contributed by atoms with van der Waals surface area (Å²) in [6.07, 6.45) is 9.67. The molecule has 0 heterocycles. The average molecular weight is 260 g/mol. The van der Waals surface area contributed by atoms with E-state index in [1.54, 1.807) is 5.46 Å². The van der Waals surface area contributed by atoms with Crippen molar-refractivity contribution in [3.63, 3.8) is 0 Å². The van der Waals surface area contributed by atoms with Crippen molar-refractivity contribution in [3.05, 3.63) is 0 Å². The van der Waals surface area contributed by atoms with E-state index in [1.807, 2.05) is 0 Å². The molecule has 0 saturated heterocycles. The molecule has 108 valence electrons. The summed E-state index contributed by atoms with van der Waals surface area (Å²) in [6.45, 7) is 14.8. The van der Waals surface area contributed by atoms with Gasteiger partial charge in [-0.05, 0) is 0 Å². The zero-order valence-corrected chi connectivity index (χ0v) is 13.8. The van der Waals surface area contributed by atoms with Crippen LogP contribution in [-0.2, 0) is 0 Å². The Morgan fingerprint density at radius 1 is 1.16 bits per heavy atom. The van der Waals surface area contributed by atoms with Crippen LogP contribution in [0.1, 0.15) is 79.6 Å². The van der Waals surface area contributed by atoms with Crippen molar-refractivity contribution in [2.24, 2.45) is 23.2 Å². The minimum atomic E-state index is 0.635. The SMILES string of the molecule is CCCCC(=BC1C(C)C1C1CCC1(C)C)CCC.